The van der Waals surface area contributed by atoms with E-state index in [2.05, 4.69) is 50.5 Å². The third kappa shape index (κ3) is 3.11. The second-order valence-electron chi connectivity index (χ2n) is 5.18. The number of aromatic nitrogens is 2. The van der Waals surface area contributed by atoms with Crippen LogP contribution < -0.4 is 16.6 Å². The molecule has 0 spiro atoms. The smallest absolute Gasteiger partial charge is 0.239 e. The Labute approximate surface area is 116 Å². The minimum Gasteiger partial charge on any atom is -0.366 e. The molecule has 1 heterocycles. The third-order valence-electron chi connectivity index (χ3n) is 3.63. The highest BCUT2D eigenvalue weighted by Crippen LogP contribution is 2.32. The highest BCUT2D eigenvalue weighted by molar-refractivity contribution is 9.10. The number of nitrogens with one attached hydrogen (secondary N) is 2. The van der Waals surface area contributed by atoms with Gasteiger partial charge in [0.25, 0.3) is 0 Å². The summed E-state index contributed by atoms with van der Waals surface area (Å²) in [6, 6.07) is 0.470. The summed E-state index contributed by atoms with van der Waals surface area (Å²) in [5, 5.41) is 3.50. The van der Waals surface area contributed by atoms with E-state index in [-0.39, 0.29) is 0 Å². The number of hydrogen-bond acceptors (Lipinski definition) is 5. The largest absolute Gasteiger partial charge is 0.366 e. The molecule has 1 aliphatic rings. The molecule has 1 saturated carbocycles. The van der Waals surface area contributed by atoms with E-state index in [1.807, 2.05) is 0 Å². The molecule has 100 valence electrons. The molecule has 5 nitrogen and oxygen atoms in total. The van der Waals surface area contributed by atoms with Crippen LogP contribution in [0.3, 0.4) is 0 Å². The Balaban J connectivity index is 2.08. The van der Waals surface area contributed by atoms with Gasteiger partial charge in [-0.2, -0.15) is 4.98 Å². The predicted molar refractivity (Wildman–Crippen MR) is 77.1 cm³/mol. The fourth-order valence-electron chi connectivity index (χ4n) is 2.59. The molecule has 3 atom stereocenters. The minimum atomic E-state index is 0.428. The Kier molecular flexibility index (Phi) is 4.40. The van der Waals surface area contributed by atoms with Gasteiger partial charge in [0.1, 0.15) is 5.82 Å². The van der Waals surface area contributed by atoms with Crippen LogP contribution in [0.1, 0.15) is 33.1 Å². The number of rotatable bonds is 3. The van der Waals surface area contributed by atoms with Gasteiger partial charge in [0.05, 0.1) is 4.47 Å². The van der Waals surface area contributed by atoms with E-state index in [4.69, 9.17) is 5.84 Å². The van der Waals surface area contributed by atoms with Crippen molar-refractivity contribution in [2.75, 3.05) is 10.7 Å². The molecule has 1 fully saturated rings. The Morgan fingerprint density at radius 3 is 2.83 bits per heavy atom. The summed E-state index contributed by atoms with van der Waals surface area (Å²) in [6.07, 6.45) is 5.43. The van der Waals surface area contributed by atoms with Crippen molar-refractivity contribution < 1.29 is 0 Å². The number of nitrogen functional groups attached to an aromatic ring is 1. The van der Waals surface area contributed by atoms with Crippen LogP contribution in [0, 0.1) is 11.8 Å². The maximum Gasteiger partial charge on any atom is 0.239 e. The van der Waals surface area contributed by atoms with Crippen molar-refractivity contribution in [3.05, 3.63) is 10.7 Å². The molecule has 6 heteroatoms. The zero-order chi connectivity index (χ0) is 13.1. The van der Waals surface area contributed by atoms with Crippen LogP contribution in [0.4, 0.5) is 11.8 Å². The molecule has 4 N–H and O–H groups in total. The molecule has 1 aromatic rings. The number of halogens is 1. The van der Waals surface area contributed by atoms with Crippen molar-refractivity contribution in [1.29, 1.82) is 0 Å². The van der Waals surface area contributed by atoms with E-state index in [0.717, 1.165) is 16.2 Å². The number of hydrogen-bond donors (Lipinski definition) is 3. The summed E-state index contributed by atoms with van der Waals surface area (Å²) in [5.74, 6) is 8.05. The first kappa shape index (κ1) is 13.5. The van der Waals surface area contributed by atoms with Crippen LogP contribution in [-0.4, -0.2) is 16.0 Å². The van der Waals surface area contributed by atoms with Crippen molar-refractivity contribution in [3.8, 4) is 0 Å². The fraction of sp³-hybridized carbons (Fsp3) is 0.667. The van der Waals surface area contributed by atoms with Crippen LogP contribution in [0.2, 0.25) is 0 Å². The maximum absolute atomic E-state index is 5.33. The molecule has 18 heavy (non-hydrogen) atoms. The average molecular weight is 314 g/mol. The van der Waals surface area contributed by atoms with E-state index in [0.29, 0.717) is 17.9 Å². The van der Waals surface area contributed by atoms with Crippen molar-refractivity contribution in [3.63, 3.8) is 0 Å². The first-order valence-corrected chi connectivity index (χ1v) is 7.15. The molecule has 0 amide bonds. The van der Waals surface area contributed by atoms with Crippen molar-refractivity contribution in [2.24, 2.45) is 17.7 Å². The zero-order valence-electron chi connectivity index (χ0n) is 10.8. The zero-order valence-corrected chi connectivity index (χ0v) is 12.4. The molecule has 0 bridgehead atoms. The van der Waals surface area contributed by atoms with E-state index in [9.17, 15) is 0 Å². The first-order chi connectivity index (χ1) is 8.60. The SMILES string of the molecule is CC1CCC(Nc2nc(NN)ncc2Br)C(C)C1. The quantitative estimate of drug-likeness (QED) is 0.591. The van der Waals surface area contributed by atoms with Crippen molar-refractivity contribution in [1.82, 2.24) is 9.97 Å². The van der Waals surface area contributed by atoms with Gasteiger partial charge in [-0.1, -0.05) is 13.8 Å². The van der Waals surface area contributed by atoms with E-state index in [1.165, 1.54) is 19.3 Å². The lowest BCUT2D eigenvalue weighted by molar-refractivity contribution is 0.276. The summed E-state index contributed by atoms with van der Waals surface area (Å²) >= 11 is 3.46. The molecular formula is C12H20BrN5. The van der Waals surface area contributed by atoms with Crippen LogP contribution in [0.25, 0.3) is 0 Å². The summed E-state index contributed by atoms with van der Waals surface area (Å²) < 4.78 is 0.868. The topological polar surface area (TPSA) is 75.9 Å². The molecule has 1 aromatic heterocycles. The van der Waals surface area contributed by atoms with Crippen LogP contribution in [0.15, 0.2) is 10.7 Å². The van der Waals surface area contributed by atoms with E-state index >= 15 is 0 Å². The van der Waals surface area contributed by atoms with Crippen LogP contribution >= 0.6 is 15.9 Å². The molecular weight excluding hydrogens is 294 g/mol. The standard InChI is InChI=1S/C12H20BrN5/c1-7-3-4-10(8(2)5-7)16-11-9(13)6-15-12(17-11)18-14/h6-8,10H,3-5,14H2,1-2H3,(H2,15,16,17,18). The molecule has 3 unspecified atom stereocenters. The fourth-order valence-corrected chi connectivity index (χ4v) is 2.90. The second-order valence-corrected chi connectivity index (χ2v) is 6.04. The Morgan fingerprint density at radius 1 is 1.39 bits per heavy atom. The summed E-state index contributed by atoms with van der Waals surface area (Å²) in [7, 11) is 0. The minimum absolute atomic E-state index is 0.428. The Bertz CT molecular complexity index is 411. The maximum atomic E-state index is 5.33. The van der Waals surface area contributed by atoms with Gasteiger partial charge >= 0.3 is 0 Å². The average Bonchev–Trinajstić information content (AvgIpc) is 2.35. The Hall–Kier alpha value is -0.880. The number of anilines is 2. The highest BCUT2D eigenvalue weighted by Gasteiger charge is 2.26. The van der Waals surface area contributed by atoms with E-state index in [1.54, 1.807) is 6.20 Å². The third-order valence-corrected chi connectivity index (χ3v) is 4.21. The summed E-state index contributed by atoms with van der Waals surface area (Å²) in [6.45, 7) is 4.62. The van der Waals surface area contributed by atoms with Gasteiger partial charge < -0.3 is 5.32 Å². The van der Waals surface area contributed by atoms with Gasteiger partial charge in [-0.05, 0) is 47.0 Å². The van der Waals surface area contributed by atoms with Crippen LogP contribution in [0.5, 0.6) is 0 Å². The van der Waals surface area contributed by atoms with Crippen molar-refractivity contribution in [2.45, 2.75) is 39.2 Å². The Morgan fingerprint density at radius 2 is 2.17 bits per heavy atom. The second kappa shape index (κ2) is 5.84. The summed E-state index contributed by atoms with van der Waals surface area (Å²) in [5.41, 5.74) is 2.47. The number of nitrogens with two attached hydrogens (primary N) is 1. The monoisotopic (exact) mass is 313 g/mol. The summed E-state index contributed by atoms with van der Waals surface area (Å²) in [4.78, 5) is 8.38. The van der Waals surface area contributed by atoms with E-state index < -0.39 is 0 Å². The lowest BCUT2D eigenvalue weighted by Crippen LogP contribution is -2.33. The van der Waals surface area contributed by atoms with Gasteiger partial charge in [0.15, 0.2) is 0 Å². The molecule has 0 radical (unpaired) electrons. The van der Waals surface area contributed by atoms with Gasteiger partial charge in [-0.3, -0.25) is 5.43 Å². The van der Waals surface area contributed by atoms with Crippen molar-refractivity contribution >= 4 is 27.7 Å². The van der Waals surface area contributed by atoms with Gasteiger partial charge in [0, 0.05) is 12.2 Å². The van der Waals surface area contributed by atoms with Gasteiger partial charge in [-0.15, -0.1) is 0 Å². The molecule has 0 saturated heterocycles. The van der Waals surface area contributed by atoms with Gasteiger partial charge in [-0.25, -0.2) is 10.8 Å². The normalized spacial score (nSPS) is 27.9. The molecule has 1 aliphatic carbocycles. The molecule has 2 rings (SSSR count). The molecule has 0 aromatic carbocycles. The molecule has 0 aliphatic heterocycles. The lowest BCUT2D eigenvalue weighted by Gasteiger charge is -2.33. The van der Waals surface area contributed by atoms with Crippen LogP contribution in [-0.2, 0) is 0 Å². The lowest BCUT2D eigenvalue weighted by atomic mass is 9.80. The number of nitrogens with zero attached hydrogens (tertiary/aromatic N) is 2. The number of hydrazine groups is 1. The predicted octanol–water partition coefficient (Wildman–Crippen LogP) is 2.76. The first-order valence-electron chi connectivity index (χ1n) is 6.36. The highest BCUT2D eigenvalue weighted by atomic mass is 79.9. The van der Waals surface area contributed by atoms with Gasteiger partial charge in [0.2, 0.25) is 5.95 Å².